The summed E-state index contributed by atoms with van der Waals surface area (Å²) in [4.78, 5) is 40.1. The summed E-state index contributed by atoms with van der Waals surface area (Å²) in [6.07, 6.45) is 1.08. The number of H-pyrrole nitrogens is 1. The zero-order chi connectivity index (χ0) is 22.9. The molecule has 0 aliphatic heterocycles. The highest BCUT2D eigenvalue weighted by molar-refractivity contribution is 5.92. The number of alkyl carbamates (subject to hydrolysis) is 1. The maximum atomic E-state index is 12.9. The number of amides is 3. The maximum absolute atomic E-state index is 12.9. The van der Waals surface area contributed by atoms with Gasteiger partial charge in [-0.3, -0.25) is 15.0 Å². The predicted octanol–water partition coefficient (Wildman–Crippen LogP) is 0.472. The molecule has 0 aliphatic rings. The molecule has 0 saturated heterocycles. The Bertz CT molecular complexity index is 1070. The number of hydrazine groups is 1. The van der Waals surface area contributed by atoms with E-state index in [1.165, 1.54) is 0 Å². The molecule has 0 saturated carbocycles. The van der Waals surface area contributed by atoms with E-state index in [-0.39, 0.29) is 13.0 Å². The van der Waals surface area contributed by atoms with Gasteiger partial charge in [0.05, 0.1) is 6.61 Å². The topological polar surface area (TPSA) is 159 Å². The van der Waals surface area contributed by atoms with Gasteiger partial charge in [-0.2, -0.15) is 0 Å². The van der Waals surface area contributed by atoms with Gasteiger partial charge in [0.25, 0.3) is 5.91 Å². The largest absolute Gasteiger partial charge is 0.445 e. The lowest BCUT2D eigenvalue weighted by molar-refractivity contribution is -0.130. The van der Waals surface area contributed by atoms with Crippen LogP contribution in [0.2, 0.25) is 0 Å². The molecule has 7 N–H and O–H groups in total. The summed E-state index contributed by atoms with van der Waals surface area (Å²) < 4.78 is 5.23. The second-order valence-electron chi connectivity index (χ2n) is 7.07. The Kier molecular flexibility index (Phi) is 7.79. The Labute approximate surface area is 184 Å². The molecule has 0 fully saturated rings. The van der Waals surface area contributed by atoms with Crippen molar-refractivity contribution in [3.63, 3.8) is 0 Å². The van der Waals surface area contributed by atoms with Crippen molar-refractivity contribution in [3.8, 4) is 0 Å². The fourth-order valence-electron chi connectivity index (χ4n) is 3.20. The second-order valence-corrected chi connectivity index (χ2v) is 7.07. The predicted molar refractivity (Wildman–Crippen MR) is 117 cm³/mol. The normalized spacial score (nSPS) is 12.6. The van der Waals surface area contributed by atoms with Crippen molar-refractivity contribution in [1.29, 1.82) is 0 Å². The Morgan fingerprint density at radius 2 is 1.69 bits per heavy atom. The Balaban J connectivity index is 1.74. The molecule has 3 amide bonds. The molecule has 32 heavy (non-hydrogen) atoms. The zero-order valence-corrected chi connectivity index (χ0v) is 17.2. The average Bonchev–Trinajstić information content (AvgIpc) is 3.23. The van der Waals surface area contributed by atoms with Crippen LogP contribution < -0.4 is 21.9 Å². The molecular formula is C22H25N5O5. The summed E-state index contributed by atoms with van der Waals surface area (Å²) in [5.41, 5.74) is 4.33. The maximum Gasteiger partial charge on any atom is 0.408 e. The number of aliphatic hydroxyl groups is 1. The second kappa shape index (κ2) is 10.9. The van der Waals surface area contributed by atoms with Gasteiger partial charge in [0.1, 0.15) is 18.7 Å². The van der Waals surface area contributed by atoms with E-state index in [9.17, 15) is 19.5 Å². The fourth-order valence-corrected chi connectivity index (χ4v) is 3.20. The van der Waals surface area contributed by atoms with E-state index < -0.39 is 36.6 Å². The highest BCUT2D eigenvalue weighted by Crippen LogP contribution is 2.19. The lowest BCUT2D eigenvalue weighted by atomic mass is 10.0. The summed E-state index contributed by atoms with van der Waals surface area (Å²) in [5, 5.41) is 15.2. The third-order valence-corrected chi connectivity index (χ3v) is 4.88. The van der Waals surface area contributed by atoms with E-state index in [1.54, 1.807) is 18.3 Å². The van der Waals surface area contributed by atoms with Crippen LogP contribution >= 0.6 is 0 Å². The van der Waals surface area contributed by atoms with E-state index in [0.717, 1.165) is 22.0 Å². The number of rotatable bonds is 9. The molecule has 0 radical (unpaired) electrons. The number of aromatic amines is 1. The first-order valence-electron chi connectivity index (χ1n) is 9.95. The molecule has 1 heterocycles. The van der Waals surface area contributed by atoms with Gasteiger partial charge in [-0.25, -0.2) is 10.6 Å². The summed E-state index contributed by atoms with van der Waals surface area (Å²) in [7, 11) is 0. The number of ether oxygens (including phenoxy) is 1. The average molecular weight is 439 g/mol. The molecule has 10 nitrogen and oxygen atoms in total. The van der Waals surface area contributed by atoms with Gasteiger partial charge in [0.15, 0.2) is 0 Å². The number of fused-ring (bicyclic) bond motifs is 1. The van der Waals surface area contributed by atoms with Crippen LogP contribution in [0, 0.1) is 0 Å². The fraction of sp³-hybridized carbons (Fsp3) is 0.227. The number of nitrogens with one attached hydrogen (secondary N) is 4. The van der Waals surface area contributed by atoms with Crippen LogP contribution in [-0.2, 0) is 27.4 Å². The van der Waals surface area contributed by atoms with E-state index in [1.807, 2.05) is 47.9 Å². The van der Waals surface area contributed by atoms with Crippen molar-refractivity contribution in [2.75, 3.05) is 6.61 Å². The van der Waals surface area contributed by atoms with Crippen molar-refractivity contribution in [2.24, 2.45) is 5.84 Å². The molecule has 1 aromatic heterocycles. The third-order valence-electron chi connectivity index (χ3n) is 4.88. The number of aromatic nitrogens is 1. The van der Waals surface area contributed by atoms with E-state index in [0.29, 0.717) is 0 Å². The van der Waals surface area contributed by atoms with Crippen molar-refractivity contribution >= 4 is 28.8 Å². The zero-order valence-electron chi connectivity index (χ0n) is 17.2. The molecule has 3 aromatic rings. The summed E-state index contributed by atoms with van der Waals surface area (Å²) in [5.74, 6) is 3.65. The Morgan fingerprint density at radius 3 is 2.41 bits per heavy atom. The molecule has 10 heteroatoms. The molecule has 0 spiro atoms. The smallest absolute Gasteiger partial charge is 0.408 e. The van der Waals surface area contributed by atoms with Crippen molar-refractivity contribution in [2.45, 2.75) is 25.1 Å². The quantitative estimate of drug-likeness (QED) is 0.162. The number of aliphatic hydroxyl groups excluding tert-OH is 1. The molecule has 0 aliphatic carbocycles. The molecule has 2 aromatic carbocycles. The van der Waals surface area contributed by atoms with Gasteiger partial charge in [-0.1, -0.05) is 48.5 Å². The van der Waals surface area contributed by atoms with Crippen LogP contribution in [0.25, 0.3) is 10.9 Å². The summed E-state index contributed by atoms with van der Waals surface area (Å²) in [6.45, 7) is -0.629. The van der Waals surface area contributed by atoms with Gasteiger partial charge in [-0.05, 0) is 17.2 Å². The van der Waals surface area contributed by atoms with Crippen LogP contribution in [0.1, 0.15) is 11.1 Å². The lowest BCUT2D eigenvalue weighted by Gasteiger charge is -2.21. The number of hydrogen-bond acceptors (Lipinski definition) is 6. The minimum atomic E-state index is -1.26. The van der Waals surface area contributed by atoms with E-state index in [2.05, 4.69) is 15.6 Å². The molecule has 0 unspecified atom stereocenters. The minimum absolute atomic E-state index is 0.0307. The summed E-state index contributed by atoms with van der Waals surface area (Å²) in [6, 6.07) is 14.3. The van der Waals surface area contributed by atoms with Gasteiger partial charge < -0.3 is 25.5 Å². The van der Waals surface area contributed by atoms with Gasteiger partial charge in [0, 0.05) is 23.5 Å². The first kappa shape index (κ1) is 22.8. The molecule has 0 bridgehead atoms. The highest BCUT2D eigenvalue weighted by atomic mass is 16.5. The van der Waals surface area contributed by atoms with Crippen molar-refractivity contribution in [3.05, 3.63) is 71.9 Å². The highest BCUT2D eigenvalue weighted by Gasteiger charge is 2.27. The monoisotopic (exact) mass is 439 g/mol. The van der Waals surface area contributed by atoms with Crippen LogP contribution in [-0.4, -0.2) is 46.7 Å². The molecule has 3 rings (SSSR count). The Morgan fingerprint density at radius 1 is 0.969 bits per heavy atom. The van der Waals surface area contributed by atoms with Crippen molar-refractivity contribution < 1.29 is 24.2 Å². The number of para-hydroxylation sites is 1. The van der Waals surface area contributed by atoms with Gasteiger partial charge >= 0.3 is 6.09 Å². The molecular weight excluding hydrogens is 414 g/mol. The number of carbonyl (C=O) groups is 3. The number of hydrogen-bond donors (Lipinski definition) is 6. The number of benzene rings is 2. The molecule has 2 atom stereocenters. The third kappa shape index (κ3) is 5.84. The minimum Gasteiger partial charge on any atom is -0.445 e. The standard InChI is InChI=1S/C22H25N5O5/c23-27-21(30)19(12-28)25-20(29)18(10-15-11-24-17-9-5-4-8-16(15)17)26-22(31)32-13-14-6-2-1-3-7-14/h1-9,11,18-19,24,28H,10,12-13,23H2,(H,25,29)(H,26,31)(H,27,30)/t18-,19-/m0/s1. The van der Waals surface area contributed by atoms with E-state index >= 15 is 0 Å². The van der Waals surface area contributed by atoms with Crippen molar-refractivity contribution in [1.82, 2.24) is 21.0 Å². The first-order chi connectivity index (χ1) is 15.5. The lowest BCUT2D eigenvalue weighted by Crippen LogP contribution is -2.56. The van der Waals surface area contributed by atoms with Gasteiger partial charge in [-0.15, -0.1) is 0 Å². The first-order valence-corrected chi connectivity index (χ1v) is 9.95. The van der Waals surface area contributed by atoms with Gasteiger partial charge in [0.2, 0.25) is 5.91 Å². The van der Waals surface area contributed by atoms with Crippen LogP contribution in [0.5, 0.6) is 0 Å². The number of nitrogens with two attached hydrogens (primary N) is 1. The number of carbonyl (C=O) groups excluding carboxylic acids is 3. The SMILES string of the molecule is NNC(=O)[C@H](CO)NC(=O)[C@H](Cc1c[nH]c2ccccc12)NC(=O)OCc1ccccc1. The van der Waals surface area contributed by atoms with Crippen LogP contribution in [0.3, 0.4) is 0 Å². The Hall–Kier alpha value is -3.89. The van der Waals surface area contributed by atoms with Crippen LogP contribution in [0.4, 0.5) is 4.79 Å². The molecule has 168 valence electrons. The van der Waals surface area contributed by atoms with E-state index in [4.69, 9.17) is 10.6 Å². The summed E-state index contributed by atoms with van der Waals surface area (Å²) >= 11 is 0. The van der Waals surface area contributed by atoms with Crippen LogP contribution in [0.15, 0.2) is 60.8 Å².